The van der Waals surface area contributed by atoms with Gasteiger partial charge in [0.05, 0.1) is 5.69 Å². The summed E-state index contributed by atoms with van der Waals surface area (Å²) in [5, 5.41) is 0. The number of nitrogens with two attached hydrogens (primary N) is 1. The summed E-state index contributed by atoms with van der Waals surface area (Å²) in [5.74, 6) is -0.595. The molecule has 4 amide bonds. The molecule has 2 N–H and O–H groups in total. The summed E-state index contributed by atoms with van der Waals surface area (Å²) in [6, 6.07) is 4.88. The molecule has 0 bridgehead atoms. The van der Waals surface area contributed by atoms with Gasteiger partial charge in [0.1, 0.15) is 6.54 Å². The zero-order chi connectivity index (χ0) is 21.2. The minimum absolute atomic E-state index is 0.448. The number of imide groups is 1. The van der Waals surface area contributed by atoms with Gasteiger partial charge in [-0.3, -0.25) is 24.3 Å². The SMILES string of the molecule is CC1=C(C)N2C(=NC3C2C(=O)N(CC(N)=O)C(=O)N3C)N1c1cc(C)ccc1C. The summed E-state index contributed by atoms with van der Waals surface area (Å²) in [4.78, 5) is 48.2. The fraction of sp³-hybridized carbons (Fsp3) is 0.400. The molecule has 3 aliphatic rings. The predicted molar refractivity (Wildman–Crippen MR) is 108 cm³/mol. The number of carbonyl (C=O) groups is 3. The third-order valence-electron chi connectivity index (χ3n) is 5.81. The van der Waals surface area contributed by atoms with Crippen molar-refractivity contribution in [3.63, 3.8) is 0 Å². The summed E-state index contributed by atoms with van der Waals surface area (Å²) < 4.78 is 0. The minimum Gasteiger partial charge on any atom is -0.368 e. The molecular formula is C20H24N6O3. The van der Waals surface area contributed by atoms with Crippen molar-refractivity contribution in [2.24, 2.45) is 10.7 Å². The molecule has 2 atom stereocenters. The van der Waals surface area contributed by atoms with Crippen LogP contribution in [-0.2, 0) is 9.59 Å². The number of allylic oxidation sites excluding steroid dienone is 2. The highest BCUT2D eigenvalue weighted by atomic mass is 16.2. The van der Waals surface area contributed by atoms with Crippen molar-refractivity contribution >= 4 is 29.5 Å². The van der Waals surface area contributed by atoms with Crippen molar-refractivity contribution in [3.05, 3.63) is 40.7 Å². The molecule has 2 unspecified atom stereocenters. The minimum atomic E-state index is -0.737. The van der Waals surface area contributed by atoms with E-state index < -0.39 is 36.6 Å². The molecule has 0 aromatic heterocycles. The van der Waals surface area contributed by atoms with Crippen LogP contribution in [0.3, 0.4) is 0 Å². The van der Waals surface area contributed by atoms with Gasteiger partial charge in [-0.2, -0.15) is 0 Å². The maximum Gasteiger partial charge on any atom is 0.328 e. The van der Waals surface area contributed by atoms with Gasteiger partial charge < -0.3 is 10.6 Å². The van der Waals surface area contributed by atoms with Crippen LogP contribution in [0.2, 0.25) is 0 Å². The van der Waals surface area contributed by atoms with Gasteiger partial charge in [0.15, 0.2) is 12.2 Å². The molecule has 4 rings (SSSR count). The van der Waals surface area contributed by atoms with Gasteiger partial charge in [0.2, 0.25) is 11.9 Å². The first kappa shape index (κ1) is 19.0. The number of rotatable bonds is 3. The second-order valence-corrected chi connectivity index (χ2v) is 7.74. The highest BCUT2D eigenvalue weighted by Gasteiger charge is 2.56. The van der Waals surface area contributed by atoms with E-state index in [4.69, 9.17) is 10.7 Å². The Morgan fingerprint density at radius 1 is 1.14 bits per heavy atom. The van der Waals surface area contributed by atoms with E-state index in [1.807, 2.05) is 49.6 Å². The number of hydrogen-bond acceptors (Lipinski definition) is 6. The van der Waals surface area contributed by atoms with Crippen LogP contribution in [0.15, 0.2) is 34.6 Å². The number of primary amides is 1. The third-order valence-corrected chi connectivity index (χ3v) is 5.81. The highest BCUT2D eigenvalue weighted by Crippen LogP contribution is 2.40. The molecule has 29 heavy (non-hydrogen) atoms. The fourth-order valence-corrected chi connectivity index (χ4v) is 4.16. The molecule has 1 saturated heterocycles. The second kappa shape index (κ2) is 6.33. The van der Waals surface area contributed by atoms with E-state index in [0.29, 0.717) is 5.96 Å². The van der Waals surface area contributed by atoms with E-state index in [9.17, 15) is 14.4 Å². The predicted octanol–water partition coefficient (Wildman–Crippen LogP) is 1.12. The zero-order valence-electron chi connectivity index (χ0n) is 17.1. The fourth-order valence-electron chi connectivity index (χ4n) is 4.16. The lowest BCUT2D eigenvalue weighted by atomic mass is 10.1. The maximum absolute atomic E-state index is 13.2. The topological polar surface area (TPSA) is 103 Å². The quantitative estimate of drug-likeness (QED) is 0.825. The number of carbonyl (C=O) groups excluding carboxylic acids is 3. The number of aryl methyl sites for hydroxylation is 2. The maximum atomic E-state index is 13.2. The van der Waals surface area contributed by atoms with E-state index in [2.05, 4.69) is 6.07 Å². The lowest BCUT2D eigenvalue weighted by molar-refractivity contribution is -0.139. The average Bonchev–Trinajstić information content (AvgIpc) is 3.15. The number of urea groups is 1. The van der Waals surface area contributed by atoms with Crippen molar-refractivity contribution in [2.75, 3.05) is 18.5 Å². The molecule has 152 valence electrons. The Kier molecular flexibility index (Phi) is 4.14. The lowest BCUT2D eigenvalue weighted by Crippen LogP contribution is -2.65. The van der Waals surface area contributed by atoms with E-state index in [1.54, 1.807) is 7.05 Å². The normalized spacial score (nSPS) is 23.7. The van der Waals surface area contributed by atoms with Gasteiger partial charge in [-0.15, -0.1) is 0 Å². The molecule has 0 spiro atoms. The van der Waals surface area contributed by atoms with E-state index in [-0.39, 0.29) is 0 Å². The van der Waals surface area contributed by atoms with Crippen LogP contribution < -0.4 is 10.6 Å². The van der Waals surface area contributed by atoms with Crippen LogP contribution in [0.4, 0.5) is 10.5 Å². The van der Waals surface area contributed by atoms with Crippen LogP contribution in [-0.4, -0.2) is 64.3 Å². The smallest absolute Gasteiger partial charge is 0.328 e. The van der Waals surface area contributed by atoms with Gasteiger partial charge in [0, 0.05) is 18.4 Å². The molecule has 1 aromatic carbocycles. The standard InChI is InChI=1S/C20H24N6O3/c1-10-6-7-11(2)14(8-10)25-12(3)13(4)26-16-17(22-19(25)26)23(5)20(29)24(18(16)28)9-15(21)27/h6-8,16-17H,9H2,1-5H3,(H2,21,27). The molecule has 9 heteroatoms. The lowest BCUT2D eigenvalue weighted by Gasteiger charge is -2.40. The Bertz CT molecular complexity index is 1010. The Morgan fingerprint density at radius 3 is 2.48 bits per heavy atom. The number of hydrogen-bond donors (Lipinski definition) is 1. The number of fused-ring (bicyclic) bond motifs is 3. The first-order chi connectivity index (χ1) is 13.6. The molecule has 0 saturated carbocycles. The van der Waals surface area contributed by atoms with Crippen LogP contribution in [0, 0.1) is 13.8 Å². The Balaban J connectivity index is 1.80. The number of benzene rings is 1. The summed E-state index contributed by atoms with van der Waals surface area (Å²) in [5.41, 5.74) is 10.3. The zero-order valence-corrected chi connectivity index (χ0v) is 17.1. The second-order valence-electron chi connectivity index (χ2n) is 7.74. The molecule has 1 fully saturated rings. The number of guanidine groups is 1. The average molecular weight is 396 g/mol. The van der Waals surface area contributed by atoms with Crippen molar-refractivity contribution < 1.29 is 14.4 Å². The van der Waals surface area contributed by atoms with Crippen molar-refractivity contribution in [1.29, 1.82) is 0 Å². The van der Waals surface area contributed by atoms with E-state index in [0.717, 1.165) is 33.1 Å². The third kappa shape index (κ3) is 2.60. The summed E-state index contributed by atoms with van der Waals surface area (Å²) >= 11 is 0. The van der Waals surface area contributed by atoms with Crippen molar-refractivity contribution in [2.45, 2.75) is 39.9 Å². The Labute approximate surface area is 169 Å². The number of anilines is 1. The number of nitrogens with zero attached hydrogens (tertiary/aromatic N) is 5. The van der Waals surface area contributed by atoms with Crippen molar-refractivity contribution in [3.8, 4) is 0 Å². The Hall–Kier alpha value is -3.36. The highest BCUT2D eigenvalue weighted by molar-refractivity contribution is 6.11. The molecular weight excluding hydrogens is 372 g/mol. The van der Waals surface area contributed by atoms with Crippen LogP contribution in [0.5, 0.6) is 0 Å². The molecule has 3 aliphatic heterocycles. The summed E-state index contributed by atoms with van der Waals surface area (Å²) in [6.45, 7) is 7.52. The first-order valence-electron chi connectivity index (χ1n) is 9.42. The molecule has 0 aliphatic carbocycles. The monoisotopic (exact) mass is 396 g/mol. The molecule has 0 radical (unpaired) electrons. The molecule has 1 aromatic rings. The Morgan fingerprint density at radius 2 is 1.83 bits per heavy atom. The molecule has 9 nitrogen and oxygen atoms in total. The first-order valence-corrected chi connectivity index (χ1v) is 9.42. The van der Waals surface area contributed by atoms with Crippen LogP contribution in [0.1, 0.15) is 25.0 Å². The van der Waals surface area contributed by atoms with Gasteiger partial charge in [0.25, 0.3) is 5.91 Å². The van der Waals surface area contributed by atoms with Crippen LogP contribution >= 0.6 is 0 Å². The van der Waals surface area contributed by atoms with Crippen LogP contribution in [0.25, 0.3) is 0 Å². The number of likely N-dealkylation sites (N-methyl/N-ethyl adjacent to an activating group) is 1. The van der Waals surface area contributed by atoms with Crippen molar-refractivity contribution in [1.82, 2.24) is 14.7 Å². The number of amides is 4. The van der Waals surface area contributed by atoms with E-state index >= 15 is 0 Å². The van der Waals surface area contributed by atoms with E-state index in [1.165, 1.54) is 4.90 Å². The van der Waals surface area contributed by atoms with Gasteiger partial charge in [-0.1, -0.05) is 12.1 Å². The largest absolute Gasteiger partial charge is 0.368 e. The van der Waals surface area contributed by atoms with Gasteiger partial charge >= 0.3 is 6.03 Å². The molecule has 3 heterocycles. The summed E-state index contributed by atoms with van der Waals surface area (Å²) in [6.07, 6.45) is -0.662. The number of aliphatic imine (C=N–C) groups is 1. The van der Waals surface area contributed by atoms with Gasteiger partial charge in [-0.25, -0.2) is 9.79 Å². The summed E-state index contributed by atoms with van der Waals surface area (Å²) in [7, 11) is 1.58. The van der Waals surface area contributed by atoms with Gasteiger partial charge in [-0.05, 0) is 44.9 Å².